The van der Waals surface area contributed by atoms with Gasteiger partial charge in [-0.25, -0.2) is 4.79 Å². The Kier molecular flexibility index (Phi) is 6.49. The van der Waals surface area contributed by atoms with Crippen LogP contribution in [-0.4, -0.2) is 30.9 Å². The topological polar surface area (TPSA) is 81.7 Å². The molecule has 26 heavy (non-hydrogen) atoms. The number of ether oxygens (including phenoxy) is 2. The Morgan fingerprint density at radius 1 is 0.962 bits per heavy atom. The Labute approximate surface area is 152 Å². The molecule has 6 nitrogen and oxygen atoms in total. The van der Waals surface area contributed by atoms with Gasteiger partial charge in [0.25, 0.3) is 0 Å². The average molecular weight is 355 g/mol. The Hall–Kier alpha value is -3.15. The first-order valence-corrected chi connectivity index (χ1v) is 8.12. The van der Waals surface area contributed by atoms with Crippen LogP contribution in [0.25, 0.3) is 0 Å². The highest BCUT2D eigenvalue weighted by Crippen LogP contribution is 2.20. The van der Waals surface area contributed by atoms with E-state index in [0.29, 0.717) is 17.0 Å². The van der Waals surface area contributed by atoms with Crippen LogP contribution in [0.4, 0.5) is 5.69 Å². The van der Waals surface area contributed by atoms with Crippen LogP contribution in [0.2, 0.25) is 0 Å². The van der Waals surface area contributed by atoms with Gasteiger partial charge in [0.05, 0.1) is 0 Å². The molecule has 0 aliphatic rings. The fraction of sp³-hybridized carbons (Fsp3) is 0.250. The molecule has 2 aromatic rings. The van der Waals surface area contributed by atoms with E-state index < -0.39 is 5.97 Å². The molecule has 0 spiro atoms. The van der Waals surface area contributed by atoms with Gasteiger partial charge in [-0.3, -0.25) is 9.59 Å². The predicted molar refractivity (Wildman–Crippen MR) is 97.4 cm³/mol. The number of amides is 1. The minimum Gasteiger partial charge on any atom is -0.482 e. The number of benzene rings is 2. The zero-order chi connectivity index (χ0) is 19.1. The predicted octanol–water partition coefficient (Wildman–Crippen LogP) is 3.07. The van der Waals surface area contributed by atoms with Crippen LogP contribution in [0.5, 0.6) is 5.75 Å². The minimum absolute atomic E-state index is 0.193. The van der Waals surface area contributed by atoms with Crippen LogP contribution < -0.4 is 10.1 Å². The maximum absolute atomic E-state index is 12.1. The summed E-state index contributed by atoms with van der Waals surface area (Å²) >= 11 is 0. The van der Waals surface area contributed by atoms with Crippen LogP contribution in [-0.2, 0) is 14.3 Å². The molecule has 1 N–H and O–H groups in total. The maximum Gasteiger partial charge on any atom is 0.344 e. The minimum atomic E-state index is -0.617. The van der Waals surface area contributed by atoms with Crippen molar-refractivity contribution in [3.8, 4) is 5.75 Å². The first kappa shape index (κ1) is 19.2. The van der Waals surface area contributed by atoms with E-state index in [1.807, 2.05) is 26.0 Å². The molecule has 0 radical (unpaired) electrons. The summed E-state index contributed by atoms with van der Waals surface area (Å²) in [4.78, 5) is 34.8. The van der Waals surface area contributed by atoms with Crippen LogP contribution in [0.3, 0.4) is 0 Å². The number of hydrogen-bond acceptors (Lipinski definition) is 5. The lowest BCUT2D eigenvalue weighted by atomic mass is 10.1. The number of esters is 1. The smallest absolute Gasteiger partial charge is 0.344 e. The van der Waals surface area contributed by atoms with Crippen molar-refractivity contribution in [2.45, 2.75) is 20.8 Å². The fourth-order valence-corrected chi connectivity index (χ4v) is 2.23. The number of anilines is 1. The van der Waals surface area contributed by atoms with Crippen LogP contribution in [0, 0.1) is 13.8 Å². The van der Waals surface area contributed by atoms with Crippen LogP contribution in [0.1, 0.15) is 28.4 Å². The highest BCUT2D eigenvalue weighted by Gasteiger charge is 2.12. The average Bonchev–Trinajstić information content (AvgIpc) is 2.61. The maximum atomic E-state index is 12.1. The molecule has 0 unspecified atom stereocenters. The fourth-order valence-electron chi connectivity index (χ4n) is 2.23. The lowest BCUT2D eigenvalue weighted by Gasteiger charge is -2.10. The summed E-state index contributed by atoms with van der Waals surface area (Å²) in [5.41, 5.74) is 3.00. The molecule has 0 atom stereocenters. The SMILES string of the molecule is CC(=O)Nc1ccc(C(=O)COC(=O)COc2cccc(C)c2C)cc1. The Morgan fingerprint density at radius 2 is 1.65 bits per heavy atom. The first-order chi connectivity index (χ1) is 12.4. The summed E-state index contributed by atoms with van der Waals surface area (Å²) in [5.74, 6) is -0.530. The van der Waals surface area contributed by atoms with Crippen molar-refractivity contribution in [2.24, 2.45) is 0 Å². The van der Waals surface area contributed by atoms with Gasteiger partial charge in [-0.05, 0) is 55.3 Å². The van der Waals surface area contributed by atoms with Crippen molar-refractivity contribution in [1.82, 2.24) is 0 Å². The van der Waals surface area contributed by atoms with Gasteiger partial charge >= 0.3 is 5.97 Å². The van der Waals surface area contributed by atoms with Gasteiger partial charge < -0.3 is 14.8 Å². The summed E-state index contributed by atoms with van der Waals surface area (Å²) in [6, 6.07) is 11.9. The number of carbonyl (C=O) groups is 3. The molecule has 136 valence electrons. The molecule has 1 amide bonds. The third-order valence-corrected chi connectivity index (χ3v) is 3.79. The van der Waals surface area contributed by atoms with Crippen molar-refractivity contribution < 1.29 is 23.9 Å². The molecule has 0 fully saturated rings. The normalized spacial score (nSPS) is 10.1. The standard InChI is InChI=1S/C20H21NO5/c1-13-5-4-6-19(14(13)2)25-12-20(24)26-11-18(23)16-7-9-17(10-8-16)21-15(3)22/h4-10H,11-12H2,1-3H3,(H,21,22). The number of rotatable bonds is 7. The quantitative estimate of drug-likeness (QED) is 0.610. The molecule has 0 saturated heterocycles. The summed E-state index contributed by atoms with van der Waals surface area (Å²) < 4.78 is 10.4. The first-order valence-electron chi connectivity index (χ1n) is 8.12. The molecule has 2 rings (SSSR count). The molecule has 0 aliphatic carbocycles. The summed E-state index contributed by atoms with van der Waals surface area (Å²) in [6.45, 7) is 4.63. The highest BCUT2D eigenvalue weighted by molar-refractivity contribution is 5.98. The molecule has 0 saturated carbocycles. The molecule has 0 aromatic heterocycles. The van der Waals surface area contributed by atoms with E-state index in [0.717, 1.165) is 11.1 Å². The second kappa shape index (κ2) is 8.80. The Morgan fingerprint density at radius 3 is 2.31 bits per heavy atom. The van der Waals surface area contributed by atoms with Crippen molar-refractivity contribution >= 4 is 23.3 Å². The monoisotopic (exact) mass is 355 g/mol. The summed E-state index contributed by atoms with van der Waals surface area (Å²) in [6.07, 6.45) is 0. The van der Waals surface area contributed by atoms with E-state index in [4.69, 9.17) is 9.47 Å². The van der Waals surface area contributed by atoms with Crippen molar-refractivity contribution in [1.29, 1.82) is 0 Å². The number of aryl methyl sites for hydroxylation is 1. The number of hydrogen-bond donors (Lipinski definition) is 1. The number of Topliss-reactive ketones (excluding diaryl/α,β-unsaturated/α-hetero) is 1. The second-order valence-electron chi connectivity index (χ2n) is 5.83. The lowest BCUT2D eigenvalue weighted by molar-refractivity contribution is -0.144. The number of carbonyl (C=O) groups excluding carboxylic acids is 3. The number of ketones is 1. The summed E-state index contributed by atoms with van der Waals surface area (Å²) in [7, 11) is 0. The molecule has 2 aromatic carbocycles. The molecule has 0 heterocycles. The van der Waals surface area contributed by atoms with E-state index in [1.165, 1.54) is 6.92 Å². The van der Waals surface area contributed by atoms with Crippen LogP contribution in [0.15, 0.2) is 42.5 Å². The molecule has 0 aliphatic heterocycles. The third-order valence-electron chi connectivity index (χ3n) is 3.79. The van der Waals surface area contributed by atoms with Crippen LogP contribution >= 0.6 is 0 Å². The van der Waals surface area contributed by atoms with Gasteiger partial charge in [0, 0.05) is 18.2 Å². The second-order valence-corrected chi connectivity index (χ2v) is 5.83. The number of nitrogens with one attached hydrogen (secondary N) is 1. The Bertz CT molecular complexity index is 811. The summed E-state index contributed by atoms with van der Waals surface area (Å²) in [5, 5.41) is 2.61. The van der Waals surface area contributed by atoms with Crippen molar-refractivity contribution in [3.05, 3.63) is 59.2 Å². The third kappa shape index (κ3) is 5.44. The molecule has 6 heteroatoms. The molecular weight excluding hydrogens is 334 g/mol. The van der Waals surface area contributed by atoms with E-state index in [-0.39, 0.29) is 24.9 Å². The highest BCUT2D eigenvalue weighted by atomic mass is 16.6. The van der Waals surface area contributed by atoms with Gasteiger partial charge in [0.2, 0.25) is 5.91 Å². The Balaban J connectivity index is 1.82. The zero-order valence-corrected chi connectivity index (χ0v) is 15.0. The van der Waals surface area contributed by atoms with Gasteiger partial charge in [0.1, 0.15) is 5.75 Å². The van der Waals surface area contributed by atoms with Gasteiger partial charge in [-0.1, -0.05) is 12.1 Å². The van der Waals surface area contributed by atoms with Gasteiger partial charge in [-0.2, -0.15) is 0 Å². The lowest BCUT2D eigenvalue weighted by Crippen LogP contribution is -2.19. The van der Waals surface area contributed by atoms with E-state index >= 15 is 0 Å². The van der Waals surface area contributed by atoms with Gasteiger partial charge in [0.15, 0.2) is 19.0 Å². The van der Waals surface area contributed by atoms with Crippen molar-refractivity contribution in [3.63, 3.8) is 0 Å². The van der Waals surface area contributed by atoms with Gasteiger partial charge in [-0.15, -0.1) is 0 Å². The zero-order valence-electron chi connectivity index (χ0n) is 15.0. The molecule has 0 bridgehead atoms. The van der Waals surface area contributed by atoms with E-state index in [9.17, 15) is 14.4 Å². The molecular formula is C20H21NO5. The van der Waals surface area contributed by atoms with Crippen molar-refractivity contribution in [2.75, 3.05) is 18.5 Å². The largest absolute Gasteiger partial charge is 0.482 e. The van der Waals surface area contributed by atoms with E-state index in [1.54, 1.807) is 30.3 Å². The van der Waals surface area contributed by atoms with E-state index in [2.05, 4.69) is 5.32 Å².